The maximum atomic E-state index is 12.1. The Morgan fingerprint density at radius 2 is 2.14 bits per heavy atom. The zero-order valence-electron chi connectivity index (χ0n) is 11.5. The van der Waals surface area contributed by atoms with Crippen LogP contribution in [0.15, 0.2) is 23.6 Å². The summed E-state index contributed by atoms with van der Waals surface area (Å²) in [6, 6.07) is 4.61. The van der Waals surface area contributed by atoms with Crippen LogP contribution in [0.4, 0.5) is 5.69 Å². The van der Waals surface area contributed by atoms with Gasteiger partial charge in [0.1, 0.15) is 0 Å². The van der Waals surface area contributed by atoms with Crippen molar-refractivity contribution in [3.05, 3.63) is 46.0 Å². The van der Waals surface area contributed by atoms with Crippen molar-refractivity contribution in [3.8, 4) is 0 Å². The molecule has 6 nitrogen and oxygen atoms in total. The van der Waals surface area contributed by atoms with Crippen molar-refractivity contribution in [3.63, 3.8) is 0 Å². The Bertz CT molecular complexity index is 681. The van der Waals surface area contributed by atoms with E-state index in [1.165, 1.54) is 30.8 Å². The van der Waals surface area contributed by atoms with E-state index in [-0.39, 0.29) is 18.1 Å². The highest BCUT2D eigenvalue weighted by Gasteiger charge is 2.13. The second-order valence-corrected chi connectivity index (χ2v) is 5.05. The minimum Gasteiger partial charge on any atom is -0.478 e. The van der Waals surface area contributed by atoms with Crippen molar-refractivity contribution in [2.75, 3.05) is 12.4 Å². The van der Waals surface area contributed by atoms with Gasteiger partial charge in [-0.2, -0.15) is 4.37 Å². The molecule has 7 heteroatoms. The molecular formula is C14H14N2O4S. The molecule has 1 amide bonds. The van der Waals surface area contributed by atoms with Crippen LogP contribution in [0.3, 0.4) is 0 Å². The van der Waals surface area contributed by atoms with Crippen LogP contribution in [0.5, 0.6) is 0 Å². The Kier molecular flexibility index (Phi) is 4.66. The zero-order valence-corrected chi connectivity index (χ0v) is 12.4. The number of benzene rings is 1. The second kappa shape index (κ2) is 6.47. The molecule has 0 saturated heterocycles. The predicted octanol–water partition coefficient (Wildman–Crippen LogP) is 2.55. The molecule has 1 aromatic carbocycles. The van der Waals surface area contributed by atoms with Gasteiger partial charge in [0.2, 0.25) is 0 Å². The van der Waals surface area contributed by atoms with Gasteiger partial charge in [0.05, 0.1) is 23.4 Å². The van der Waals surface area contributed by atoms with Crippen LogP contribution in [0.25, 0.3) is 0 Å². The number of carboxylic acids is 1. The second-order valence-electron chi connectivity index (χ2n) is 4.42. The van der Waals surface area contributed by atoms with Crippen LogP contribution < -0.4 is 5.32 Å². The summed E-state index contributed by atoms with van der Waals surface area (Å²) >= 11 is 1.20. The number of nitrogens with zero attached hydrogens (tertiary/aromatic N) is 1. The van der Waals surface area contributed by atoms with Gasteiger partial charge in [-0.3, -0.25) is 4.79 Å². The van der Waals surface area contributed by atoms with Gasteiger partial charge in [-0.15, -0.1) is 0 Å². The lowest BCUT2D eigenvalue weighted by atomic mass is 10.1. The van der Waals surface area contributed by atoms with Crippen LogP contribution in [-0.2, 0) is 11.3 Å². The summed E-state index contributed by atoms with van der Waals surface area (Å²) in [6.45, 7) is 2.01. The lowest BCUT2D eigenvalue weighted by Crippen LogP contribution is -2.13. The molecule has 0 bridgehead atoms. The molecule has 2 aromatic rings. The molecule has 0 aliphatic carbocycles. The van der Waals surface area contributed by atoms with E-state index >= 15 is 0 Å². The summed E-state index contributed by atoms with van der Waals surface area (Å²) in [6.07, 6.45) is 0. The van der Waals surface area contributed by atoms with Crippen LogP contribution in [0.1, 0.15) is 32.0 Å². The molecule has 0 aliphatic heterocycles. The third kappa shape index (κ3) is 3.65. The van der Waals surface area contributed by atoms with E-state index in [4.69, 9.17) is 9.84 Å². The first-order valence-corrected chi connectivity index (χ1v) is 6.93. The fraction of sp³-hybridized carbons (Fsp3) is 0.214. The van der Waals surface area contributed by atoms with Crippen molar-refractivity contribution < 1.29 is 19.4 Å². The van der Waals surface area contributed by atoms with Crippen molar-refractivity contribution in [2.45, 2.75) is 13.5 Å². The molecule has 21 heavy (non-hydrogen) atoms. The Morgan fingerprint density at radius 3 is 2.71 bits per heavy atom. The Balaban J connectivity index is 2.28. The Hall–Kier alpha value is -2.25. The van der Waals surface area contributed by atoms with Gasteiger partial charge in [0.15, 0.2) is 0 Å². The number of carbonyl (C=O) groups excluding carboxylic acids is 1. The lowest BCUT2D eigenvalue weighted by Gasteiger charge is -2.09. The van der Waals surface area contributed by atoms with E-state index < -0.39 is 5.97 Å². The molecule has 0 saturated carbocycles. The van der Waals surface area contributed by atoms with Crippen LogP contribution in [-0.4, -0.2) is 28.5 Å². The number of hydrogen-bond donors (Lipinski definition) is 2. The van der Waals surface area contributed by atoms with E-state index in [0.29, 0.717) is 22.5 Å². The summed E-state index contributed by atoms with van der Waals surface area (Å²) in [5.74, 6) is -1.37. The smallest absolute Gasteiger partial charge is 0.335 e. The minimum atomic E-state index is -1.06. The van der Waals surface area contributed by atoms with Gasteiger partial charge in [0.25, 0.3) is 5.91 Å². The number of anilines is 1. The fourth-order valence-corrected chi connectivity index (χ4v) is 2.54. The molecule has 0 atom stereocenters. The molecule has 0 spiro atoms. The number of carbonyl (C=O) groups is 2. The van der Waals surface area contributed by atoms with Crippen LogP contribution >= 0.6 is 11.5 Å². The number of aromatic nitrogens is 1. The number of hydrogen-bond acceptors (Lipinski definition) is 5. The number of carboxylic acid groups (broad SMARTS) is 1. The lowest BCUT2D eigenvalue weighted by molar-refractivity contribution is 0.0696. The van der Waals surface area contributed by atoms with Crippen molar-refractivity contribution >= 4 is 29.1 Å². The maximum absolute atomic E-state index is 12.1. The van der Waals surface area contributed by atoms with Crippen molar-refractivity contribution in [2.24, 2.45) is 0 Å². The van der Waals surface area contributed by atoms with Crippen LogP contribution in [0.2, 0.25) is 0 Å². The number of aryl methyl sites for hydroxylation is 1. The number of methoxy groups -OCH3 is 1. The minimum absolute atomic E-state index is 0.0972. The highest BCUT2D eigenvalue weighted by Crippen LogP contribution is 2.18. The maximum Gasteiger partial charge on any atom is 0.335 e. The Labute approximate surface area is 125 Å². The van der Waals surface area contributed by atoms with Crippen molar-refractivity contribution in [1.82, 2.24) is 4.37 Å². The monoisotopic (exact) mass is 306 g/mol. The summed E-state index contributed by atoms with van der Waals surface area (Å²) in [5, 5.41) is 13.4. The molecule has 0 unspecified atom stereocenters. The third-order valence-electron chi connectivity index (χ3n) is 2.80. The number of nitrogens with one attached hydrogen (secondary N) is 1. The first-order chi connectivity index (χ1) is 10.0. The molecule has 2 N–H and O–H groups in total. The molecule has 0 radical (unpaired) electrons. The zero-order chi connectivity index (χ0) is 15.4. The number of ether oxygens (including phenoxy) is 1. The van der Waals surface area contributed by atoms with E-state index in [0.717, 1.165) is 0 Å². The third-order valence-corrected chi connectivity index (χ3v) is 3.52. The normalized spacial score (nSPS) is 10.4. The summed E-state index contributed by atoms with van der Waals surface area (Å²) in [4.78, 5) is 23.2. The average Bonchev–Trinajstić information content (AvgIpc) is 2.85. The number of amides is 1. The van der Waals surface area contributed by atoms with E-state index in [2.05, 4.69) is 9.69 Å². The molecule has 0 aliphatic rings. The van der Waals surface area contributed by atoms with Gasteiger partial charge in [-0.05, 0) is 42.2 Å². The molecule has 110 valence electrons. The standard InChI is InChI=1S/C14H14N2O4S/c1-8-12(7-21-16-8)13(17)15-11-4-9(6-20-2)3-10(5-11)14(18)19/h3-5,7H,6H2,1-2H3,(H,15,17)(H,18,19). The molecule has 1 aromatic heterocycles. The van der Waals surface area contributed by atoms with Gasteiger partial charge in [0, 0.05) is 18.2 Å². The number of rotatable bonds is 5. The highest BCUT2D eigenvalue weighted by molar-refractivity contribution is 7.04. The van der Waals surface area contributed by atoms with Gasteiger partial charge in [-0.1, -0.05) is 0 Å². The summed E-state index contributed by atoms with van der Waals surface area (Å²) in [7, 11) is 1.52. The average molecular weight is 306 g/mol. The highest BCUT2D eigenvalue weighted by atomic mass is 32.1. The summed E-state index contributed by atoms with van der Waals surface area (Å²) in [5.41, 5.74) is 2.31. The van der Waals surface area contributed by atoms with Gasteiger partial charge < -0.3 is 15.2 Å². The largest absolute Gasteiger partial charge is 0.478 e. The Morgan fingerprint density at radius 1 is 1.38 bits per heavy atom. The van der Waals surface area contributed by atoms with Crippen molar-refractivity contribution in [1.29, 1.82) is 0 Å². The van der Waals surface area contributed by atoms with E-state index in [1.807, 2.05) is 0 Å². The first-order valence-electron chi connectivity index (χ1n) is 6.09. The van der Waals surface area contributed by atoms with E-state index in [9.17, 15) is 9.59 Å². The molecular weight excluding hydrogens is 292 g/mol. The van der Waals surface area contributed by atoms with E-state index in [1.54, 1.807) is 18.4 Å². The fourth-order valence-electron chi connectivity index (χ4n) is 1.85. The topological polar surface area (TPSA) is 88.5 Å². The van der Waals surface area contributed by atoms with Crippen LogP contribution in [0, 0.1) is 6.92 Å². The van der Waals surface area contributed by atoms with Gasteiger partial charge in [-0.25, -0.2) is 4.79 Å². The molecule has 2 rings (SSSR count). The first kappa shape index (κ1) is 15.1. The summed E-state index contributed by atoms with van der Waals surface area (Å²) < 4.78 is 9.04. The molecule has 1 heterocycles. The molecule has 0 fully saturated rings. The quantitative estimate of drug-likeness (QED) is 0.886. The van der Waals surface area contributed by atoms with Gasteiger partial charge >= 0.3 is 5.97 Å². The predicted molar refractivity (Wildman–Crippen MR) is 78.9 cm³/mol. The SMILES string of the molecule is COCc1cc(NC(=O)c2csnc2C)cc(C(=O)O)c1. The number of aromatic carboxylic acids is 1.